The first kappa shape index (κ1) is 17.5. The van der Waals surface area contributed by atoms with E-state index in [9.17, 15) is 9.18 Å². The van der Waals surface area contributed by atoms with Gasteiger partial charge in [-0.05, 0) is 41.8 Å². The predicted octanol–water partition coefficient (Wildman–Crippen LogP) is 3.74. The van der Waals surface area contributed by atoms with Gasteiger partial charge in [-0.3, -0.25) is 4.79 Å². The highest BCUT2D eigenvalue weighted by molar-refractivity contribution is 6.30. The number of hydrogen-bond acceptors (Lipinski definition) is 1. The molecule has 1 atom stereocenters. The van der Waals surface area contributed by atoms with Crippen LogP contribution in [-0.2, 0) is 11.3 Å². The van der Waals surface area contributed by atoms with Crippen molar-refractivity contribution in [1.82, 2.24) is 0 Å². The molecule has 3 nitrogen and oxygen atoms in total. The smallest absolute Gasteiger partial charge is 0.227 e. The SMILES string of the molecule is CC(C(=O)Nc1ccc(F)cc1)C12CC([NH2+]Cc3cccc(Cl)c3)(C1)C2. The molecule has 3 aliphatic carbocycles. The molecule has 0 saturated heterocycles. The maximum atomic E-state index is 13.0. The first-order chi connectivity index (χ1) is 12.4. The number of hydrogen-bond donors (Lipinski definition) is 2. The van der Waals surface area contributed by atoms with E-state index >= 15 is 0 Å². The summed E-state index contributed by atoms with van der Waals surface area (Å²) in [5.74, 6) is -0.304. The van der Waals surface area contributed by atoms with Crippen LogP contribution in [0.3, 0.4) is 0 Å². The van der Waals surface area contributed by atoms with Gasteiger partial charge in [-0.1, -0.05) is 30.7 Å². The minimum atomic E-state index is -0.298. The Morgan fingerprint density at radius 3 is 2.58 bits per heavy atom. The number of nitrogens with two attached hydrogens (primary N) is 1. The lowest BCUT2D eigenvalue weighted by Crippen LogP contribution is -3.05. The number of anilines is 1. The van der Waals surface area contributed by atoms with E-state index in [1.165, 1.54) is 17.7 Å². The van der Waals surface area contributed by atoms with Crippen LogP contribution in [0.15, 0.2) is 48.5 Å². The number of carbonyl (C=O) groups is 1. The Balaban J connectivity index is 1.29. The molecule has 1 unspecified atom stereocenters. The van der Waals surface area contributed by atoms with Gasteiger partial charge in [0.25, 0.3) is 0 Å². The Hall–Kier alpha value is -1.91. The van der Waals surface area contributed by atoms with Crippen LogP contribution in [0.25, 0.3) is 0 Å². The highest BCUT2D eigenvalue weighted by Gasteiger charge is 2.73. The summed E-state index contributed by atoms with van der Waals surface area (Å²) in [6, 6.07) is 13.9. The van der Waals surface area contributed by atoms with Crippen LogP contribution in [0.5, 0.6) is 0 Å². The summed E-state index contributed by atoms with van der Waals surface area (Å²) in [4.78, 5) is 12.6. The number of carbonyl (C=O) groups excluding carboxylic acids is 1. The second-order valence-electron chi connectivity index (χ2n) is 8.01. The van der Waals surface area contributed by atoms with Crippen LogP contribution in [0.2, 0.25) is 5.02 Å². The fourth-order valence-electron chi connectivity index (χ4n) is 4.68. The van der Waals surface area contributed by atoms with Crippen molar-refractivity contribution in [3.63, 3.8) is 0 Å². The summed E-state index contributed by atoms with van der Waals surface area (Å²) >= 11 is 6.05. The number of quaternary nitrogens is 1. The van der Waals surface area contributed by atoms with E-state index in [0.29, 0.717) is 11.2 Å². The normalized spacial score (nSPS) is 27.2. The van der Waals surface area contributed by atoms with E-state index in [-0.39, 0.29) is 23.1 Å². The van der Waals surface area contributed by atoms with E-state index in [1.54, 1.807) is 12.1 Å². The lowest BCUT2D eigenvalue weighted by Gasteiger charge is -2.69. The minimum absolute atomic E-state index is 0.0275. The van der Waals surface area contributed by atoms with Gasteiger partial charge in [-0.2, -0.15) is 0 Å². The third-order valence-electron chi connectivity index (χ3n) is 6.20. The molecule has 0 radical (unpaired) electrons. The Morgan fingerprint density at radius 2 is 1.92 bits per heavy atom. The van der Waals surface area contributed by atoms with Crippen LogP contribution < -0.4 is 10.6 Å². The van der Waals surface area contributed by atoms with Gasteiger partial charge in [-0.25, -0.2) is 4.39 Å². The van der Waals surface area contributed by atoms with Crippen molar-refractivity contribution in [1.29, 1.82) is 0 Å². The molecule has 0 aliphatic heterocycles. The summed E-state index contributed by atoms with van der Waals surface area (Å²) in [5.41, 5.74) is 2.32. The minimum Gasteiger partial charge on any atom is -0.338 e. The molecule has 0 spiro atoms. The Morgan fingerprint density at radius 1 is 1.23 bits per heavy atom. The van der Waals surface area contributed by atoms with Crippen LogP contribution in [0.1, 0.15) is 31.7 Å². The van der Waals surface area contributed by atoms with E-state index in [2.05, 4.69) is 16.7 Å². The van der Waals surface area contributed by atoms with E-state index in [1.807, 2.05) is 25.1 Å². The number of rotatable bonds is 6. The molecule has 3 N–H and O–H groups in total. The maximum absolute atomic E-state index is 13.0. The molecule has 136 valence electrons. The zero-order valence-electron chi connectivity index (χ0n) is 14.8. The van der Waals surface area contributed by atoms with Gasteiger partial charge in [0.1, 0.15) is 12.4 Å². The zero-order chi connectivity index (χ0) is 18.4. The van der Waals surface area contributed by atoms with Gasteiger partial charge in [0, 0.05) is 41.5 Å². The number of halogens is 2. The molecule has 3 saturated carbocycles. The molecule has 2 bridgehead atoms. The van der Waals surface area contributed by atoms with Crippen molar-refractivity contribution in [3.05, 3.63) is 64.9 Å². The summed E-state index contributed by atoms with van der Waals surface area (Å²) in [6.07, 6.45) is 3.25. The van der Waals surface area contributed by atoms with Gasteiger partial charge in [0.05, 0.1) is 5.54 Å². The molecule has 2 aromatic carbocycles. The van der Waals surface area contributed by atoms with Crippen molar-refractivity contribution in [2.75, 3.05) is 5.32 Å². The highest BCUT2D eigenvalue weighted by Crippen LogP contribution is 2.68. The topological polar surface area (TPSA) is 45.7 Å². The number of amides is 1. The molecule has 5 heteroatoms. The standard InChI is InChI=1S/C21H22ClFN2O/c1-14(19(26)25-18-7-5-17(23)6-8-18)20-11-21(12-20,13-20)24-10-15-3-2-4-16(22)9-15/h2-9,14,24H,10-13H2,1H3,(H,25,26)/p+1. The van der Waals surface area contributed by atoms with Crippen LogP contribution in [0.4, 0.5) is 10.1 Å². The fraction of sp³-hybridized carbons (Fsp3) is 0.381. The first-order valence-corrected chi connectivity index (χ1v) is 9.43. The van der Waals surface area contributed by atoms with Crippen LogP contribution >= 0.6 is 11.6 Å². The van der Waals surface area contributed by atoms with Gasteiger partial charge >= 0.3 is 0 Å². The average molecular weight is 374 g/mol. The monoisotopic (exact) mass is 373 g/mol. The fourth-order valence-corrected chi connectivity index (χ4v) is 4.90. The molecule has 26 heavy (non-hydrogen) atoms. The first-order valence-electron chi connectivity index (χ1n) is 9.05. The quantitative estimate of drug-likeness (QED) is 0.796. The molecular weight excluding hydrogens is 351 g/mol. The molecule has 0 aromatic heterocycles. The summed E-state index contributed by atoms with van der Waals surface area (Å²) in [7, 11) is 0. The van der Waals surface area contributed by atoms with Gasteiger partial charge in [-0.15, -0.1) is 0 Å². The van der Waals surface area contributed by atoms with Gasteiger partial charge in [0.15, 0.2) is 0 Å². The van der Waals surface area contributed by atoms with Crippen molar-refractivity contribution in [2.24, 2.45) is 11.3 Å². The lowest BCUT2D eigenvalue weighted by molar-refractivity contribution is -0.788. The maximum Gasteiger partial charge on any atom is 0.227 e. The van der Waals surface area contributed by atoms with Crippen LogP contribution in [-0.4, -0.2) is 11.4 Å². The molecule has 1 amide bonds. The molecule has 2 aromatic rings. The second-order valence-corrected chi connectivity index (χ2v) is 8.45. The Bertz CT molecular complexity index is 816. The van der Waals surface area contributed by atoms with E-state index < -0.39 is 0 Å². The molecule has 5 rings (SSSR count). The molecule has 0 heterocycles. The Kier molecular flexibility index (Phi) is 4.28. The summed E-state index contributed by atoms with van der Waals surface area (Å²) in [6.45, 7) is 2.94. The lowest BCUT2D eigenvalue weighted by atomic mass is 9.36. The van der Waals surface area contributed by atoms with Crippen molar-refractivity contribution in [3.8, 4) is 0 Å². The number of benzene rings is 2. The zero-order valence-corrected chi connectivity index (χ0v) is 15.5. The van der Waals surface area contributed by atoms with Gasteiger partial charge in [0.2, 0.25) is 5.91 Å². The van der Waals surface area contributed by atoms with E-state index in [0.717, 1.165) is 30.8 Å². The highest BCUT2D eigenvalue weighted by atomic mass is 35.5. The summed E-state index contributed by atoms with van der Waals surface area (Å²) in [5, 5.41) is 6.10. The molecule has 3 fully saturated rings. The molecule has 3 aliphatic rings. The van der Waals surface area contributed by atoms with Gasteiger partial charge < -0.3 is 10.6 Å². The van der Waals surface area contributed by atoms with Crippen molar-refractivity contribution >= 4 is 23.2 Å². The predicted molar refractivity (Wildman–Crippen MR) is 100 cm³/mol. The Labute approximate surface area is 157 Å². The number of nitrogens with one attached hydrogen (secondary N) is 1. The van der Waals surface area contributed by atoms with Crippen LogP contribution in [0, 0.1) is 17.2 Å². The third-order valence-corrected chi connectivity index (χ3v) is 6.43. The third kappa shape index (κ3) is 3.12. The largest absolute Gasteiger partial charge is 0.338 e. The van der Waals surface area contributed by atoms with E-state index in [4.69, 9.17) is 11.6 Å². The van der Waals surface area contributed by atoms with Crippen molar-refractivity contribution < 1.29 is 14.5 Å². The summed E-state index contributed by atoms with van der Waals surface area (Å²) < 4.78 is 13.0. The molecular formula is C21H23ClFN2O+. The van der Waals surface area contributed by atoms with Crippen molar-refractivity contribution in [2.45, 2.75) is 38.3 Å². The second kappa shape index (κ2) is 6.36. The average Bonchev–Trinajstić information content (AvgIpc) is 2.54.